The molecular weight excluding hydrogens is 200 g/mol. The van der Waals surface area contributed by atoms with Gasteiger partial charge in [0.25, 0.3) is 0 Å². The lowest BCUT2D eigenvalue weighted by molar-refractivity contribution is 0.0982. The quantitative estimate of drug-likeness (QED) is 0.788. The van der Waals surface area contributed by atoms with Gasteiger partial charge in [-0.3, -0.25) is 9.79 Å². The Morgan fingerprint density at radius 2 is 1.94 bits per heavy atom. The molecule has 1 aliphatic heterocycles. The van der Waals surface area contributed by atoms with Crippen molar-refractivity contribution in [3.63, 3.8) is 0 Å². The molecular formula is C13H18N2O. The second kappa shape index (κ2) is 5.56. The van der Waals surface area contributed by atoms with E-state index in [0.717, 1.165) is 17.8 Å². The SMILES string of the molecule is CC.CCC1=Nc2ccccc2C(=O)C1N. The first-order valence-electron chi connectivity index (χ1n) is 5.70. The highest BCUT2D eigenvalue weighted by molar-refractivity contribution is 6.20. The summed E-state index contributed by atoms with van der Waals surface area (Å²) in [5.41, 5.74) is 7.92. The highest BCUT2D eigenvalue weighted by Gasteiger charge is 2.26. The molecule has 2 rings (SSSR count). The van der Waals surface area contributed by atoms with Crippen LogP contribution in [0.15, 0.2) is 29.3 Å². The van der Waals surface area contributed by atoms with Gasteiger partial charge in [-0.05, 0) is 18.6 Å². The van der Waals surface area contributed by atoms with E-state index in [4.69, 9.17) is 5.73 Å². The molecule has 1 unspecified atom stereocenters. The zero-order valence-electron chi connectivity index (χ0n) is 10.0. The van der Waals surface area contributed by atoms with E-state index in [0.29, 0.717) is 5.56 Å². The van der Waals surface area contributed by atoms with Crippen molar-refractivity contribution in [2.75, 3.05) is 0 Å². The molecule has 3 nitrogen and oxygen atoms in total. The van der Waals surface area contributed by atoms with Crippen molar-refractivity contribution in [3.8, 4) is 0 Å². The van der Waals surface area contributed by atoms with Crippen molar-refractivity contribution in [2.24, 2.45) is 10.7 Å². The first-order chi connectivity index (χ1) is 7.74. The molecule has 0 spiro atoms. The third-order valence-corrected chi connectivity index (χ3v) is 2.44. The third-order valence-electron chi connectivity index (χ3n) is 2.44. The van der Waals surface area contributed by atoms with Crippen LogP contribution in [0.1, 0.15) is 37.6 Å². The maximum atomic E-state index is 11.8. The van der Waals surface area contributed by atoms with Crippen LogP contribution in [-0.2, 0) is 0 Å². The summed E-state index contributed by atoms with van der Waals surface area (Å²) in [6.45, 7) is 5.96. The lowest BCUT2D eigenvalue weighted by atomic mass is 9.95. The van der Waals surface area contributed by atoms with E-state index in [1.807, 2.05) is 39.0 Å². The Morgan fingerprint density at radius 1 is 1.31 bits per heavy atom. The lowest BCUT2D eigenvalue weighted by Crippen LogP contribution is -2.40. The van der Waals surface area contributed by atoms with Gasteiger partial charge in [0.2, 0.25) is 0 Å². The molecule has 0 saturated heterocycles. The van der Waals surface area contributed by atoms with Gasteiger partial charge < -0.3 is 5.73 Å². The number of nitrogens with zero attached hydrogens (tertiary/aromatic N) is 1. The van der Waals surface area contributed by atoms with Crippen LogP contribution in [0.4, 0.5) is 5.69 Å². The zero-order valence-corrected chi connectivity index (χ0v) is 10.0. The van der Waals surface area contributed by atoms with Crippen LogP contribution in [0.25, 0.3) is 0 Å². The van der Waals surface area contributed by atoms with Gasteiger partial charge in [-0.25, -0.2) is 0 Å². The number of benzene rings is 1. The highest BCUT2D eigenvalue weighted by Crippen LogP contribution is 2.25. The van der Waals surface area contributed by atoms with E-state index in [-0.39, 0.29) is 5.78 Å². The molecule has 3 heteroatoms. The molecule has 0 amide bonds. The van der Waals surface area contributed by atoms with Crippen molar-refractivity contribution in [1.82, 2.24) is 0 Å². The average molecular weight is 218 g/mol. The first kappa shape index (κ1) is 12.6. The second-order valence-electron chi connectivity index (χ2n) is 3.32. The number of aliphatic imine (C=N–C) groups is 1. The molecule has 0 fully saturated rings. The minimum absolute atomic E-state index is 0.0209. The summed E-state index contributed by atoms with van der Waals surface area (Å²) < 4.78 is 0. The number of fused-ring (bicyclic) bond motifs is 1. The summed E-state index contributed by atoms with van der Waals surface area (Å²) in [6.07, 6.45) is 0.723. The van der Waals surface area contributed by atoms with E-state index in [1.54, 1.807) is 6.07 Å². The number of carbonyl (C=O) groups is 1. The fourth-order valence-electron chi connectivity index (χ4n) is 1.62. The predicted molar refractivity (Wildman–Crippen MR) is 67.5 cm³/mol. The Bertz CT molecular complexity index is 410. The maximum Gasteiger partial charge on any atom is 0.187 e. The summed E-state index contributed by atoms with van der Waals surface area (Å²) >= 11 is 0. The highest BCUT2D eigenvalue weighted by atomic mass is 16.1. The molecule has 0 saturated carbocycles. The smallest absolute Gasteiger partial charge is 0.187 e. The van der Waals surface area contributed by atoms with E-state index < -0.39 is 6.04 Å². The van der Waals surface area contributed by atoms with Gasteiger partial charge in [0.05, 0.1) is 5.69 Å². The fourth-order valence-corrected chi connectivity index (χ4v) is 1.62. The van der Waals surface area contributed by atoms with Crippen molar-refractivity contribution in [1.29, 1.82) is 0 Å². The second-order valence-corrected chi connectivity index (χ2v) is 3.32. The standard InChI is InChI=1S/C11H12N2O.C2H6/c1-2-8-10(12)11(14)7-5-3-4-6-9(7)13-8;1-2/h3-6,10H,2,12H2,1H3;1-2H3. The summed E-state index contributed by atoms with van der Waals surface area (Å²) in [5, 5.41) is 0. The van der Waals surface area contributed by atoms with Gasteiger partial charge in [-0.15, -0.1) is 0 Å². The molecule has 86 valence electrons. The molecule has 0 aliphatic carbocycles. The molecule has 1 heterocycles. The third kappa shape index (κ3) is 2.19. The number of carbonyl (C=O) groups excluding carboxylic acids is 1. The van der Waals surface area contributed by atoms with Gasteiger partial charge in [-0.2, -0.15) is 0 Å². The fraction of sp³-hybridized carbons (Fsp3) is 0.385. The molecule has 0 radical (unpaired) electrons. The van der Waals surface area contributed by atoms with Gasteiger partial charge in [-0.1, -0.05) is 32.9 Å². The Balaban J connectivity index is 0.000000606. The van der Waals surface area contributed by atoms with Crippen LogP contribution in [0.3, 0.4) is 0 Å². The molecule has 1 aromatic carbocycles. The topological polar surface area (TPSA) is 55.5 Å². The molecule has 2 N–H and O–H groups in total. The van der Waals surface area contributed by atoms with E-state index in [2.05, 4.69) is 4.99 Å². The van der Waals surface area contributed by atoms with E-state index in [1.165, 1.54) is 0 Å². The average Bonchev–Trinajstić information content (AvgIpc) is 2.36. The van der Waals surface area contributed by atoms with Crippen LogP contribution >= 0.6 is 0 Å². The summed E-state index contributed by atoms with van der Waals surface area (Å²) in [5.74, 6) is -0.0209. The zero-order chi connectivity index (χ0) is 12.1. The summed E-state index contributed by atoms with van der Waals surface area (Å²) in [4.78, 5) is 16.1. The van der Waals surface area contributed by atoms with Gasteiger partial charge >= 0.3 is 0 Å². The van der Waals surface area contributed by atoms with Crippen LogP contribution in [-0.4, -0.2) is 17.5 Å². The Labute approximate surface area is 96.4 Å². The summed E-state index contributed by atoms with van der Waals surface area (Å²) in [7, 11) is 0. The molecule has 0 bridgehead atoms. The largest absolute Gasteiger partial charge is 0.316 e. The number of rotatable bonds is 1. The minimum Gasteiger partial charge on any atom is -0.316 e. The lowest BCUT2D eigenvalue weighted by Gasteiger charge is -2.19. The molecule has 1 atom stereocenters. The van der Waals surface area contributed by atoms with E-state index >= 15 is 0 Å². The monoisotopic (exact) mass is 218 g/mol. The molecule has 1 aromatic rings. The van der Waals surface area contributed by atoms with Gasteiger partial charge in [0.15, 0.2) is 5.78 Å². The van der Waals surface area contributed by atoms with Crippen LogP contribution in [0, 0.1) is 0 Å². The number of Topliss-reactive ketones (excluding diaryl/α,β-unsaturated/α-hetero) is 1. The van der Waals surface area contributed by atoms with Crippen LogP contribution < -0.4 is 5.73 Å². The number of hydrogen-bond acceptors (Lipinski definition) is 3. The van der Waals surface area contributed by atoms with Crippen molar-refractivity contribution < 1.29 is 4.79 Å². The molecule has 0 aromatic heterocycles. The molecule has 16 heavy (non-hydrogen) atoms. The van der Waals surface area contributed by atoms with E-state index in [9.17, 15) is 4.79 Å². The minimum atomic E-state index is -0.546. The number of ketones is 1. The van der Waals surface area contributed by atoms with Crippen molar-refractivity contribution in [3.05, 3.63) is 29.8 Å². The van der Waals surface area contributed by atoms with Crippen molar-refractivity contribution >= 4 is 17.2 Å². The van der Waals surface area contributed by atoms with Gasteiger partial charge in [0, 0.05) is 11.3 Å². The van der Waals surface area contributed by atoms with Crippen LogP contribution in [0.2, 0.25) is 0 Å². The van der Waals surface area contributed by atoms with Crippen molar-refractivity contribution in [2.45, 2.75) is 33.2 Å². The normalized spacial score (nSPS) is 18.1. The number of nitrogens with two attached hydrogens (primary N) is 1. The Kier molecular flexibility index (Phi) is 4.38. The van der Waals surface area contributed by atoms with Crippen LogP contribution in [0.5, 0.6) is 0 Å². The summed E-state index contributed by atoms with van der Waals surface area (Å²) in [6, 6.07) is 6.77. The maximum absolute atomic E-state index is 11.8. The first-order valence-corrected chi connectivity index (χ1v) is 5.70. The molecule has 1 aliphatic rings. The Hall–Kier alpha value is -1.48. The number of para-hydroxylation sites is 1. The predicted octanol–water partition coefficient (Wildman–Crippen LogP) is 2.72. The number of hydrogen-bond donors (Lipinski definition) is 1. The van der Waals surface area contributed by atoms with Gasteiger partial charge in [0.1, 0.15) is 6.04 Å². The Morgan fingerprint density at radius 3 is 2.56 bits per heavy atom.